The number of hydrogen-bond acceptors (Lipinski definition) is 3. The minimum absolute atomic E-state index is 0.180. The summed E-state index contributed by atoms with van der Waals surface area (Å²) >= 11 is 0. The van der Waals surface area contributed by atoms with Crippen LogP contribution in [0.2, 0.25) is 0 Å². The van der Waals surface area contributed by atoms with E-state index in [0.717, 1.165) is 58.0 Å². The number of piperidine rings is 1. The highest BCUT2D eigenvalue weighted by Gasteiger charge is 2.54. The molecule has 132 valence electrons. The maximum absolute atomic E-state index is 12.6. The fourth-order valence-corrected chi connectivity index (χ4v) is 4.43. The van der Waals surface area contributed by atoms with Crippen LogP contribution in [0.25, 0.3) is 0 Å². The lowest BCUT2D eigenvalue weighted by Gasteiger charge is -2.55. The van der Waals surface area contributed by atoms with Crippen molar-refractivity contribution < 1.29 is 9.53 Å². The molecule has 0 aromatic heterocycles. The molecule has 0 aromatic carbocycles. The first-order chi connectivity index (χ1) is 11.0. The molecule has 2 heterocycles. The maximum atomic E-state index is 12.6. The standard InChI is InChI=1S/C18H33N3O2/c1-18(2)13-21(16(18)14-5-6-14)17(22)19-15-7-10-20(11-8-15)9-4-12-23-3/h14-16H,4-13H2,1-3H3,(H,19,22). The summed E-state index contributed by atoms with van der Waals surface area (Å²) in [6.45, 7) is 9.65. The quantitative estimate of drug-likeness (QED) is 0.763. The van der Waals surface area contributed by atoms with Crippen LogP contribution in [0.4, 0.5) is 4.79 Å². The predicted octanol–water partition coefficient (Wildman–Crippen LogP) is 2.32. The lowest BCUT2D eigenvalue weighted by molar-refractivity contribution is -0.0287. The SMILES string of the molecule is COCCCN1CCC(NC(=O)N2CC(C)(C)C2C2CC2)CC1. The van der Waals surface area contributed by atoms with Gasteiger partial charge in [-0.1, -0.05) is 13.8 Å². The average molecular weight is 323 g/mol. The number of ether oxygens (including phenoxy) is 1. The highest BCUT2D eigenvalue weighted by atomic mass is 16.5. The molecular weight excluding hydrogens is 290 g/mol. The lowest BCUT2D eigenvalue weighted by Crippen LogP contribution is -2.67. The van der Waals surface area contributed by atoms with Crippen LogP contribution in [0.1, 0.15) is 46.0 Å². The minimum Gasteiger partial charge on any atom is -0.385 e. The summed E-state index contributed by atoms with van der Waals surface area (Å²) < 4.78 is 5.11. The van der Waals surface area contributed by atoms with Gasteiger partial charge in [0.05, 0.1) is 0 Å². The number of nitrogens with one attached hydrogen (secondary N) is 1. The summed E-state index contributed by atoms with van der Waals surface area (Å²) in [5.74, 6) is 0.757. The predicted molar refractivity (Wildman–Crippen MR) is 91.5 cm³/mol. The Kier molecular flexibility index (Phi) is 5.16. The zero-order valence-corrected chi connectivity index (χ0v) is 15.0. The molecule has 1 atom stereocenters. The van der Waals surface area contributed by atoms with Gasteiger partial charge in [-0.05, 0) is 38.0 Å². The van der Waals surface area contributed by atoms with Crippen LogP contribution in [0.3, 0.4) is 0 Å². The fraction of sp³-hybridized carbons (Fsp3) is 0.944. The minimum atomic E-state index is 0.180. The second kappa shape index (κ2) is 6.98. The molecule has 5 nitrogen and oxygen atoms in total. The molecule has 1 aliphatic carbocycles. The number of likely N-dealkylation sites (tertiary alicyclic amines) is 2. The smallest absolute Gasteiger partial charge is 0.317 e. The van der Waals surface area contributed by atoms with Gasteiger partial charge >= 0.3 is 6.03 Å². The maximum Gasteiger partial charge on any atom is 0.317 e. The monoisotopic (exact) mass is 323 g/mol. The first-order valence-electron chi connectivity index (χ1n) is 9.29. The van der Waals surface area contributed by atoms with Crippen molar-refractivity contribution in [2.75, 3.05) is 39.9 Å². The Hall–Kier alpha value is -0.810. The largest absolute Gasteiger partial charge is 0.385 e. The number of carbonyl (C=O) groups is 1. The van der Waals surface area contributed by atoms with Crippen molar-refractivity contribution in [3.63, 3.8) is 0 Å². The average Bonchev–Trinajstić information content (AvgIpc) is 3.31. The van der Waals surface area contributed by atoms with Crippen LogP contribution < -0.4 is 5.32 Å². The molecule has 2 aliphatic heterocycles. The van der Waals surface area contributed by atoms with E-state index in [2.05, 4.69) is 29.0 Å². The Labute approximate surface area is 140 Å². The molecule has 3 fully saturated rings. The van der Waals surface area contributed by atoms with Crippen molar-refractivity contribution in [1.29, 1.82) is 0 Å². The van der Waals surface area contributed by atoms with Crippen LogP contribution in [0.15, 0.2) is 0 Å². The number of nitrogens with zero attached hydrogens (tertiary/aromatic N) is 2. The van der Waals surface area contributed by atoms with Gasteiger partial charge in [-0.2, -0.15) is 0 Å². The van der Waals surface area contributed by atoms with Gasteiger partial charge in [-0.15, -0.1) is 0 Å². The van der Waals surface area contributed by atoms with Crippen LogP contribution in [0.5, 0.6) is 0 Å². The molecule has 3 rings (SSSR count). The Bertz CT molecular complexity index is 414. The van der Waals surface area contributed by atoms with Gasteiger partial charge in [0, 0.05) is 57.4 Å². The highest BCUT2D eigenvalue weighted by Crippen LogP contribution is 2.50. The van der Waals surface area contributed by atoms with E-state index in [0.29, 0.717) is 17.5 Å². The van der Waals surface area contributed by atoms with E-state index < -0.39 is 0 Å². The third-order valence-electron chi connectivity index (χ3n) is 5.78. The summed E-state index contributed by atoms with van der Waals surface area (Å²) in [5, 5.41) is 3.29. The number of urea groups is 1. The Morgan fingerprint density at radius 1 is 1.22 bits per heavy atom. The first-order valence-corrected chi connectivity index (χ1v) is 9.29. The summed E-state index contributed by atoms with van der Waals surface area (Å²) in [7, 11) is 1.76. The molecule has 3 aliphatic rings. The van der Waals surface area contributed by atoms with E-state index in [-0.39, 0.29) is 6.03 Å². The number of hydrogen-bond donors (Lipinski definition) is 1. The van der Waals surface area contributed by atoms with Gasteiger partial charge in [0.1, 0.15) is 0 Å². The van der Waals surface area contributed by atoms with E-state index in [4.69, 9.17) is 4.74 Å². The lowest BCUT2D eigenvalue weighted by atomic mass is 9.72. The molecule has 0 radical (unpaired) electrons. The van der Waals surface area contributed by atoms with Crippen LogP contribution in [-0.4, -0.2) is 67.8 Å². The molecule has 0 spiro atoms. The zero-order chi connectivity index (χ0) is 16.4. The molecular formula is C18H33N3O2. The number of amides is 2. The molecule has 5 heteroatoms. The van der Waals surface area contributed by atoms with E-state index in [1.165, 1.54) is 12.8 Å². The van der Waals surface area contributed by atoms with Gasteiger partial charge < -0.3 is 19.9 Å². The molecule has 1 unspecified atom stereocenters. The summed E-state index contributed by atoms with van der Waals surface area (Å²) in [4.78, 5) is 17.2. The number of carbonyl (C=O) groups excluding carboxylic acids is 1. The van der Waals surface area contributed by atoms with Gasteiger partial charge in [0.2, 0.25) is 0 Å². The number of methoxy groups -OCH3 is 1. The molecule has 1 saturated carbocycles. The van der Waals surface area contributed by atoms with Crippen molar-refractivity contribution >= 4 is 6.03 Å². The first kappa shape index (κ1) is 17.0. The van der Waals surface area contributed by atoms with Crippen molar-refractivity contribution in [1.82, 2.24) is 15.1 Å². The Morgan fingerprint density at radius 2 is 1.91 bits per heavy atom. The molecule has 1 N–H and O–H groups in total. The third-order valence-corrected chi connectivity index (χ3v) is 5.78. The van der Waals surface area contributed by atoms with Crippen LogP contribution in [0, 0.1) is 11.3 Å². The fourth-order valence-electron chi connectivity index (χ4n) is 4.43. The van der Waals surface area contributed by atoms with E-state index in [1.54, 1.807) is 7.11 Å². The van der Waals surface area contributed by atoms with E-state index in [1.807, 2.05) is 0 Å². The Balaban J connectivity index is 1.40. The number of rotatable bonds is 6. The topological polar surface area (TPSA) is 44.8 Å². The molecule has 0 aromatic rings. The van der Waals surface area contributed by atoms with Gasteiger partial charge in [-0.25, -0.2) is 4.79 Å². The summed E-state index contributed by atoms with van der Waals surface area (Å²) in [6.07, 6.45) is 5.85. The van der Waals surface area contributed by atoms with E-state index in [9.17, 15) is 4.79 Å². The molecule has 2 saturated heterocycles. The van der Waals surface area contributed by atoms with Gasteiger partial charge in [-0.3, -0.25) is 0 Å². The van der Waals surface area contributed by atoms with E-state index >= 15 is 0 Å². The highest BCUT2D eigenvalue weighted by molar-refractivity contribution is 5.76. The van der Waals surface area contributed by atoms with Crippen molar-refractivity contribution in [3.8, 4) is 0 Å². The third kappa shape index (κ3) is 4.00. The normalized spacial score (nSPS) is 28.5. The molecule has 23 heavy (non-hydrogen) atoms. The zero-order valence-electron chi connectivity index (χ0n) is 15.0. The summed E-state index contributed by atoms with van der Waals surface area (Å²) in [5.41, 5.74) is 0.309. The van der Waals surface area contributed by atoms with Crippen LogP contribution >= 0.6 is 0 Å². The molecule has 2 amide bonds. The van der Waals surface area contributed by atoms with Crippen molar-refractivity contribution in [2.24, 2.45) is 11.3 Å². The second-order valence-electron chi connectivity index (χ2n) is 8.31. The van der Waals surface area contributed by atoms with Crippen molar-refractivity contribution in [2.45, 2.75) is 58.0 Å². The van der Waals surface area contributed by atoms with Gasteiger partial charge in [0.15, 0.2) is 0 Å². The van der Waals surface area contributed by atoms with Gasteiger partial charge in [0.25, 0.3) is 0 Å². The Morgan fingerprint density at radius 3 is 2.48 bits per heavy atom. The van der Waals surface area contributed by atoms with Crippen molar-refractivity contribution in [3.05, 3.63) is 0 Å². The molecule has 0 bridgehead atoms. The summed E-state index contributed by atoms with van der Waals surface area (Å²) in [6, 6.07) is 1.00. The second-order valence-corrected chi connectivity index (χ2v) is 8.31. The van der Waals surface area contributed by atoms with Crippen LogP contribution in [-0.2, 0) is 4.74 Å².